The van der Waals surface area contributed by atoms with Gasteiger partial charge < -0.3 is 9.84 Å². The van der Waals surface area contributed by atoms with E-state index in [1.165, 1.54) is 11.7 Å². The second kappa shape index (κ2) is 6.03. The van der Waals surface area contributed by atoms with Crippen LogP contribution in [0.4, 0.5) is 4.79 Å². The molecule has 1 amide bonds. The number of carbonyl (C=O) groups excluding carboxylic acids is 1. The maximum atomic E-state index is 11.2. The number of carbonyl (C=O) groups is 2. The van der Waals surface area contributed by atoms with E-state index in [0.717, 1.165) is 5.01 Å². The number of hydrogen-bond donors (Lipinski definition) is 1. The molecule has 0 aliphatic heterocycles. The highest BCUT2D eigenvalue weighted by Crippen LogP contribution is 2.03. The summed E-state index contributed by atoms with van der Waals surface area (Å²) in [7, 11) is 0. The normalized spacial score (nSPS) is 10.1. The fourth-order valence-electron chi connectivity index (χ4n) is 1.48. The van der Waals surface area contributed by atoms with Gasteiger partial charge in [0, 0.05) is 5.57 Å². The van der Waals surface area contributed by atoms with Crippen molar-refractivity contribution >= 4 is 12.1 Å². The zero-order chi connectivity index (χ0) is 14.6. The van der Waals surface area contributed by atoms with Crippen LogP contribution in [0.15, 0.2) is 18.2 Å². The molecule has 0 unspecified atom stereocenters. The number of aryl methyl sites for hydroxylation is 2. The Kier molecular flexibility index (Phi) is 4.68. The SMILES string of the molecule is C=C(C)C(=O)OCCN(C(=O)O)n1nc(C)cc1C. The third-order valence-electron chi connectivity index (χ3n) is 2.32. The van der Waals surface area contributed by atoms with E-state index in [1.807, 2.05) is 0 Å². The first-order valence-electron chi connectivity index (χ1n) is 5.69. The van der Waals surface area contributed by atoms with Crippen molar-refractivity contribution in [1.29, 1.82) is 0 Å². The molecular weight excluding hydrogens is 250 g/mol. The second-order valence-electron chi connectivity index (χ2n) is 4.14. The highest BCUT2D eigenvalue weighted by molar-refractivity contribution is 5.87. The lowest BCUT2D eigenvalue weighted by Gasteiger charge is -2.20. The van der Waals surface area contributed by atoms with Crippen LogP contribution < -0.4 is 5.01 Å². The predicted octanol–water partition coefficient (Wildman–Crippen LogP) is 1.24. The number of esters is 1. The zero-order valence-electron chi connectivity index (χ0n) is 11.2. The van der Waals surface area contributed by atoms with Crippen molar-refractivity contribution in [2.24, 2.45) is 0 Å². The number of rotatable bonds is 5. The van der Waals surface area contributed by atoms with Crippen LogP contribution in [0.1, 0.15) is 18.3 Å². The van der Waals surface area contributed by atoms with Crippen molar-refractivity contribution in [2.45, 2.75) is 20.8 Å². The molecule has 0 radical (unpaired) electrons. The number of amides is 1. The largest absolute Gasteiger partial charge is 0.464 e. The van der Waals surface area contributed by atoms with Crippen LogP contribution in [-0.2, 0) is 9.53 Å². The molecule has 0 aliphatic carbocycles. The first-order chi connectivity index (χ1) is 8.82. The van der Waals surface area contributed by atoms with E-state index < -0.39 is 12.1 Å². The Hall–Kier alpha value is -2.31. The summed E-state index contributed by atoms with van der Waals surface area (Å²) in [6.07, 6.45) is -1.17. The van der Waals surface area contributed by atoms with Crippen LogP contribution in [0.2, 0.25) is 0 Å². The Bertz CT molecular complexity index is 507. The van der Waals surface area contributed by atoms with E-state index in [0.29, 0.717) is 11.4 Å². The van der Waals surface area contributed by atoms with Gasteiger partial charge in [0.2, 0.25) is 0 Å². The molecule has 0 spiro atoms. The van der Waals surface area contributed by atoms with Crippen LogP contribution in [0.5, 0.6) is 0 Å². The summed E-state index contributed by atoms with van der Waals surface area (Å²) >= 11 is 0. The molecular formula is C12H17N3O4. The van der Waals surface area contributed by atoms with Gasteiger partial charge in [-0.3, -0.25) is 0 Å². The fourth-order valence-corrected chi connectivity index (χ4v) is 1.48. The Morgan fingerprint density at radius 3 is 2.58 bits per heavy atom. The molecule has 7 heteroatoms. The quantitative estimate of drug-likeness (QED) is 0.640. The van der Waals surface area contributed by atoms with Crippen molar-refractivity contribution in [3.05, 3.63) is 29.6 Å². The number of hydrogen-bond acceptors (Lipinski definition) is 4. The minimum Gasteiger partial charge on any atom is -0.464 e. The van der Waals surface area contributed by atoms with Gasteiger partial charge in [0.15, 0.2) is 0 Å². The third-order valence-corrected chi connectivity index (χ3v) is 2.32. The van der Waals surface area contributed by atoms with E-state index in [2.05, 4.69) is 11.7 Å². The number of nitrogens with zero attached hydrogens (tertiary/aromatic N) is 3. The van der Waals surface area contributed by atoms with Crippen molar-refractivity contribution in [2.75, 3.05) is 18.2 Å². The van der Waals surface area contributed by atoms with Gasteiger partial charge in [-0.2, -0.15) is 14.9 Å². The Balaban J connectivity index is 2.70. The summed E-state index contributed by atoms with van der Waals surface area (Å²) in [6.45, 7) is 8.42. The third kappa shape index (κ3) is 3.84. The van der Waals surface area contributed by atoms with E-state index in [4.69, 9.17) is 9.84 Å². The van der Waals surface area contributed by atoms with Gasteiger partial charge in [-0.15, -0.1) is 0 Å². The number of carboxylic acid groups (broad SMARTS) is 1. The van der Waals surface area contributed by atoms with Crippen LogP contribution in [-0.4, -0.2) is 40.2 Å². The average Bonchev–Trinajstić information content (AvgIpc) is 2.62. The minimum absolute atomic E-state index is 0.00366. The predicted molar refractivity (Wildman–Crippen MR) is 68.6 cm³/mol. The van der Waals surface area contributed by atoms with Gasteiger partial charge in [-0.1, -0.05) is 6.58 Å². The topological polar surface area (TPSA) is 84.7 Å². The highest BCUT2D eigenvalue weighted by Gasteiger charge is 2.17. The van der Waals surface area contributed by atoms with Crippen molar-refractivity contribution in [3.63, 3.8) is 0 Å². The van der Waals surface area contributed by atoms with Gasteiger partial charge in [-0.25, -0.2) is 9.59 Å². The summed E-state index contributed by atoms with van der Waals surface area (Å²) in [5.41, 5.74) is 1.67. The zero-order valence-corrected chi connectivity index (χ0v) is 11.2. The molecule has 1 rings (SSSR count). The Morgan fingerprint density at radius 1 is 1.53 bits per heavy atom. The summed E-state index contributed by atoms with van der Waals surface area (Å²) in [4.78, 5) is 23.6. The van der Waals surface area contributed by atoms with E-state index in [-0.39, 0.29) is 18.7 Å². The molecule has 0 aliphatic rings. The molecule has 19 heavy (non-hydrogen) atoms. The molecule has 0 bridgehead atoms. The smallest absolute Gasteiger partial charge is 0.428 e. The molecule has 1 aromatic heterocycles. The summed E-state index contributed by atoms with van der Waals surface area (Å²) < 4.78 is 4.87. The second-order valence-corrected chi connectivity index (χ2v) is 4.14. The van der Waals surface area contributed by atoms with E-state index in [9.17, 15) is 9.59 Å². The fraction of sp³-hybridized carbons (Fsp3) is 0.417. The van der Waals surface area contributed by atoms with Gasteiger partial charge in [0.05, 0.1) is 17.9 Å². The lowest BCUT2D eigenvalue weighted by Crippen LogP contribution is -2.43. The first kappa shape index (κ1) is 14.7. The standard InChI is InChI=1S/C12H17N3O4/c1-8(2)11(16)19-6-5-14(12(17)18)15-10(4)7-9(3)13-15/h7H,1,5-6H2,2-4H3,(H,17,18). The lowest BCUT2D eigenvalue weighted by molar-refractivity contribution is -0.138. The first-order valence-corrected chi connectivity index (χ1v) is 5.69. The molecule has 1 N–H and O–H groups in total. The number of ether oxygens (including phenoxy) is 1. The molecule has 0 fully saturated rings. The summed E-state index contributed by atoms with van der Waals surface area (Å²) in [6, 6.07) is 1.76. The summed E-state index contributed by atoms with van der Waals surface area (Å²) in [5.74, 6) is -0.543. The van der Waals surface area contributed by atoms with Gasteiger partial charge in [0.1, 0.15) is 6.61 Å². The van der Waals surface area contributed by atoms with E-state index in [1.54, 1.807) is 19.9 Å². The molecule has 1 aromatic rings. The van der Waals surface area contributed by atoms with Crippen molar-refractivity contribution < 1.29 is 19.4 Å². The maximum absolute atomic E-state index is 11.2. The minimum atomic E-state index is -1.17. The van der Waals surface area contributed by atoms with Gasteiger partial charge in [0.25, 0.3) is 0 Å². The molecule has 7 nitrogen and oxygen atoms in total. The van der Waals surface area contributed by atoms with Crippen LogP contribution in [0, 0.1) is 13.8 Å². The molecule has 0 saturated heterocycles. The van der Waals surface area contributed by atoms with Crippen LogP contribution in [0.25, 0.3) is 0 Å². The van der Waals surface area contributed by atoms with Crippen LogP contribution >= 0.6 is 0 Å². The van der Waals surface area contributed by atoms with Crippen molar-refractivity contribution in [3.8, 4) is 0 Å². The molecule has 0 aromatic carbocycles. The molecule has 0 saturated carbocycles. The molecule has 0 atom stereocenters. The highest BCUT2D eigenvalue weighted by atomic mass is 16.5. The van der Waals surface area contributed by atoms with Crippen molar-refractivity contribution in [1.82, 2.24) is 9.89 Å². The average molecular weight is 267 g/mol. The maximum Gasteiger partial charge on any atom is 0.428 e. The Labute approximate surface area is 111 Å². The van der Waals surface area contributed by atoms with E-state index >= 15 is 0 Å². The molecule has 1 heterocycles. The number of aromatic nitrogens is 2. The van der Waals surface area contributed by atoms with Crippen LogP contribution in [0.3, 0.4) is 0 Å². The Morgan fingerprint density at radius 2 is 2.16 bits per heavy atom. The van der Waals surface area contributed by atoms with Gasteiger partial charge in [-0.05, 0) is 26.8 Å². The lowest BCUT2D eigenvalue weighted by atomic mass is 10.4. The summed E-state index contributed by atoms with van der Waals surface area (Å²) in [5, 5.41) is 14.2. The van der Waals surface area contributed by atoms with Gasteiger partial charge >= 0.3 is 12.1 Å². The monoisotopic (exact) mass is 267 g/mol. The molecule has 104 valence electrons.